The Morgan fingerprint density at radius 3 is 2.86 bits per heavy atom. The number of aryl methyl sites for hydroxylation is 1. The molecule has 0 amide bonds. The van der Waals surface area contributed by atoms with Crippen molar-refractivity contribution in [2.24, 2.45) is 0 Å². The first-order valence-corrected chi connectivity index (χ1v) is 7.71. The Morgan fingerprint density at radius 2 is 2.09 bits per heavy atom. The molecule has 1 aliphatic rings. The predicted octanol–water partition coefficient (Wildman–Crippen LogP) is 3.02. The van der Waals surface area contributed by atoms with Crippen LogP contribution in [-0.4, -0.2) is 21.1 Å². The van der Waals surface area contributed by atoms with Crippen molar-refractivity contribution >= 4 is 23.1 Å². The van der Waals surface area contributed by atoms with E-state index in [-0.39, 0.29) is 17.8 Å². The second kappa shape index (κ2) is 6.36. The summed E-state index contributed by atoms with van der Waals surface area (Å²) in [6.45, 7) is 2.07. The highest BCUT2D eigenvalue weighted by Crippen LogP contribution is 2.40. The zero-order chi connectivity index (χ0) is 15.5. The molecule has 1 saturated carbocycles. The van der Waals surface area contributed by atoms with Crippen LogP contribution in [0.3, 0.4) is 0 Å². The van der Waals surface area contributed by atoms with Crippen molar-refractivity contribution in [2.45, 2.75) is 31.7 Å². The molecule has 22 heavy (non-hydrogen) atoms. The lowest BCUT2D eigenvalue weighted by atomic mass is 10.2. The summed E-state index contributed by atoms with van der Waals surface area (Å²) in [7, 11) is 0. The third-order valence-corrected chi connectivity index (χ3v) is 3.97. The molecule has 1 fully saturated rings. The summed E-state index contributed by atoms with van der Waals surface area (Å²) in [6, 6.07) is 7.08. The van der Waals surface area contributed by atoms with E-state index in [0.717, 1.165) is 24.2 Å². The van der Waals surface area contributed by atoms with Gasteiger partial charge in [-0.15, -0.1) is 0 Å². The normalized spacial score (nSPS) is 19.5. The van der Waals surface area contributed by atoms with Gasteiger partial charge in [-0.2, -0.15) is 0 Å². The zero-order valence-corrected chi connectivity index (χ0v) is 13.0. The number of pyridine rings is 2. The van der Waals surface area contributed by atoms with Gasteiger partial charge in [-0.25, -0.2) is 9.37 Å². The van der Waals surface area contributed by atoms with Gasteiger partial charge in [0.25, 0.3) is 0 Å². The first kappa shape index (κ1) is 14.8. The molecule has 2 heterocycles. The number of anilines is 1. The Kier molecular flexibility index (Phi) is 4.29. The predicted molar refractivity (Wildman–Crippen MR) is 88.3 cm³/mol. The Labute approximate surface area is 134 Å². The topological polar surface area (TPSA) is 49.8 Å². The average molecular weight is 316 g/mol. The summed E-state index contributed by atoms with van der Waals surface area (Å²) >= 11 is 5.32. The van der Waals surface area contributed by atoms with Crippen LogP contribution in [0.4, 0.5) is 10.2 Å². The van der Waals surface area contributed by atoms with Crippen molar-refractivity contribution in [2.75, 3.05) is 5.32 Å². The van der Waals surface area contributed by atoms with Gasteiger partial charge in [-0.05, 0) is 48.8 Å². The molecule has 1 aliphatic carbocycles. The second-order valence-electron chi connectivity index (χ2n) is 5.28. The molecule has 2 aromatic heterocycles. The number of nitrogens with one attached hydrogen (secondary N) is 2. The maximum absolute atomic E-state index is 13.7. The van der Waals surface area contributed by atoms with Gasteiger partial charge in [0.15, 0.2) is 5.11 Å². The molecule has 6 heteroatoms. The molecule has 0 aliphatic heterocycles. The number of thiocarbonyl (C=S) groups is 1. The third-order valence-electron chi connectivity index (χ3n) is 3.75. The summed E-state index contributed by atoms with van der Waals surface area (Å²) < 4.78 is 13.7. The molecule has 2 unspecified atom stereocenters. The van der Waals surface area contributed by atoms with E-state index in [9.17, 15) is 4.39 Å². The Bertz CT molecular complexity index is 691. The van der Waals surface area contributed by atoms with Gasteiger partial charge in [0.2, 0.25) is 0 Å². The van der Waals surface area contributed by atoms with Crippen LogP contribution in [0.15, 0.2) is 36.7 Å². The van der Waals surface area contributed by atoms with Crippen LogP contribution in [0.25, 0.3) is 0 Å². The maximum Gasteiger partial charge on any atom is 0.172 e. The number of halogens is 1. The molecule has 2 atom stereocenters. The van der Waals surface area contributed by atoms with Crippen molar-refractivity contribution in [3.63, 3.8) is 0 Å². The van der Waals surface area contributed by atoms with E-state index < -0.39 is 0 Å². The van der Waals surface area contributed by atoms with E-state index in [1.54, 1.807) is 18.5 Å². The summed E-state index contributed by atoms with van der Waals surface area (Å²) in [5, 5.41) is 6.83. The lowest BCUT2D eigenvalue weighted by Crippen LogP contribution is -2.31. The van der Waals surface area contributed by atoms with Gasteiger partial charge in [0.05, 0.1) is 5.69 Å². The molecule has 0 aromatic carbocycles. The minimum atomic E-state index is -0.256. The van der Waals surface area contributed by atoms with Crippen molar-refractivity contribution in [1.82, 2.24) is 15.3 Å². The lowest BCUT2D eigenvalue weighted by molar-refractivity contribution is 0.597. The van der Waals surface area contributed by atoms with Crippen LogP contribution < -0.4 is 10.6 Å². The number of nitrogens with zero attached hydrogens (tertiary/aromatic N) is 2. The molecule has 114 valence electrons. The Hall–Kier alpha value is -2.08. The molecule has 0 saturated heterocycles. The van der Waals surface area contributed by atoms with E-state index in [0.29, 0.717) is 10.8 Å². The van der Waals surface area contributed by atoms with Crippen LogP contribution in [0.2, 0.25) is 0 Å². The monoisotopic (exact) mass is 316 g/mol. The standard InChI is InChI=1S/C16H17FN4S/c1-2-10-5-3-8-19-15(10)21-16(22)20-13-9-11(13)14-12(17)6-4-7-18-14/h3-8,11,13H,2,9H2,1H3,(H2,19,20,21,22). The highest BCUT2D eigenvalue weighted by molar-refractivity contribution is 7.80. The fourth-order valence-electron chi connectivity index (χ4n) is 2.48. The highest BCUT2D eigenvalue weighted by atomic mass is 32.1. The molecular formula is C16H17FN4S. The molecular weight excluding hydrogens is 299 g/mol. The lowest BCUT2D eigenvalue weighted by Gasteiger charge is -2.12. The molecule has 4 nitrogen and oxygen atoms in total. The van der Waals surface area contributed by atoms with Gasteiger partial charge in [-0.1, -0.05) is 13.0 Å². The van der Waals surface area contributed by atoms with Crippen LogP contribution in [0.5, 0.6) is 0 Å². The van der Waals surface area contributed by atoms with Gasteiger partial charge >= 0.3 is 0 Å². The van der Waals surface area contributed by atoms with Gasteiger partial charge in [0.1, 0.15) is 11.6 Å². The van der Waals surface area contributed by atoms with E-state index in [1.165, 1.54) is 6.07 Å². The van der Waals surface area contributed by atoms with Gasteiger partial charge in [-0.3, -0.25) is 4.98 Å². The highest BCUT2D eigenvalue weighted by Gasteiger charge is 2.41. The van der Waals surface area contributed by atoms with E-state index in [1.807, 2.05) is 12.1 Å². The Balaban J connectivity index is 1.59. The minimum absolute atomic E-state index is 0.0790. The molecule has 0 bridgehead atoms. The van der Waals surface area contributed by atoms with Crippen molar-refractivity contribution in [1.29, 1.82) is 0 Å². The maximum atomic E-state index is 13.7. The van der Waals surface area contributed by atoms with Gasteiger partial charge in [0, 0.05) is 24.4 Å². The molecule has 0 spiro atoms. The average Bonchev–Trinajstić information content (AvgIpc) is 3.27. The van der Waals surface area contributed by atoms with E-state index in [4.69, 9.17) is 12.2 Å². The van der Waals surface area contributed by atoms with Crippen LogP contribution in [0.1, 0.15) is 30.5 Å². The molecule has 3 rings (SSSR count). The fraction of sp³-hybridized carbons (Fsp3) is 0.312. The third kappa shape index (κ3) is 3.22. The van der Waals surface area contributed by atoms with Crippen molar-refractivity contribution < 1.29 is 4.39 Å². The molecule has 0 radical (unpaired) electrons. The van der Waals surface area contributed by atoms with Crippen LogP contribution >= 0.6 is 12.2 Å². The summed E-state index contributed by atoms with van der Waals surface area (Å²) in [5.74, 6) is 0.590. The summed E-state index contributed by atoms with van der Waals surface area (Å²) in [6.07, 6.45) is 5.06. The smallest absolute Gasteiger partial charge is 0.172 e. The molecule has 2 aromatic rings. The minimum Gasteiger partial charge on any atom is -0.359 e. The number of hydrogen-bond acceptors (Lipinski definition) is 3. The van der Waals surface area contributed by atoms with Crippen molar-refractivity contribution in [3.05, 3.63) is 53.7 Å². The largest absolute Gasteiger partial charge is 0.359 e. The van der Waals surface area contributed by atoms with E-state index in [2.05, 4.69) is 27.5 Å². The fourth-order valence-corrected chi connectivity index (χ4v) is 2.72. The quantitative estimate of drug-likeness (QED) is 0.849. The summed E-state index contributed by atoms with van der Waals surface area (Å²) in [5.41, 5.74) is 1.62. The number of aromatic nitrogens is 2. The second-order valence-corrected chi connectivity index (χ2v) is 5.69. The first-order chi connectivity index (χ1) is 10.7. The van der Waals surface area contributed by atoms with E-state index >= 15 is 0 Å². The Morgan fingerprint density at radius 1 is 1.32 bits per heavy atom. The van der Waals surface area contributed by atoms with Gasteiger partial charge < -0.3 is 10.6 Å². The van der Waals surface area contributed by atoms with Crippen molar-refractivity contribution in [3.8, 4) is 0 Å². The first-order valence-electron chi connectivity index (χ1n) is 7.31. The SMILES string of the molecule is CCc1cccnc1NC(=S)NC1CC1c1ncccc1F. The van der Waals surface area contributed by atoms with Crippen LogP contribution in [0, 0.1) is 5.82 Å². The molecule has 2 N–H and O–H groups in total. The zero-order valence-electron chi connectivity index (χ0n) is 12.2. The number of rotatable bonds is 4. The van der Waals surface area contributed by atoms with Crippen LogP contribution in [-0.2, 0) is 6.42 Å². The number of hydrogen-bond donors (Lipinski definition) is 2. The summed E-state index contributed by atoms with van der Waals surface area (Å²) in [4.78, 5) is 8.42.